The minimum Gasteiger partial charge on any atom is -0.489 e. The first-order valence-electron chi connectivity index (χ1n) is 5.64. The minimum atomic E-state index is 0.637. The number of aryl methyl sites for hydroxylation is 1. The first-order chi connectivity index (χ1) is 7.88. The molecule has 1 heteroatoms. The molecule has 0 heterocycles. The third-order valence-corrected chi connectivity index (χ3v) is 2.55. The van der Waals surface area contributed by atoms with Crippen molar-refractivity contribution in [3.63, 3.8) is 0 Å². The van der Waals surface area contributed by atoms with E-state index in [9.17, 15) is 0 Å². The molecule has 0 fully saturated rings. The highest BCUT2D eigenvalue weighted by molar-refractivity contribution is 5.25. The van der Waals surface area contributed by atoms with Crippen LogP contribution in [0.2, 0.25) is 0 Å². The van der Waals surface area contributed by atoms with Crippen molar-refractivity contribution in [2.75, 3.05) is 0 Å². The number of hydrogen-bond acceptors (Lipinski definition) is 1. The monoisotopic (exact) mass is 212 g/mol. The van der Waals surface area contributed by atoms with Gasteiger partial charge in [-0.15, -0.1) is 0 Å². The van der Waals surface area contributed by atoms with Crippen molar-refractivity contribution < 1.29 is 4.74 Å². The van der Waals surface area contributed by atoms with Crippen LogP contribution in [0.1, 0.15) is 18.1 Å². The summed E-state index contributed by atoms with van der Waals surface area (Å²) in [6.07, 6.45) is 1.07. The van der Waals surface area contributed by atoms with Gasteiger partial charge in [0.25, 0.3) is 0 Å². The topological polar surface area (TPSA) is 9.23 Å². The molecule has 0 bridgehead atoms. The molecule has 2 aromatic carbocycles. The third-order valence-electron chi connectivity index (χ3n) is 2.55. The molecule has 0 aliphatic rings. The van der Waals surface area contributed by atoms with Crippen LogP contribution >= 0.6 is 0 Å². The van der Waals surface area contributed by atoms with E-state index in [0.29, 0.717) is 6.61 Å². The molecule has 0 saturated heterocycles. The SMILES string of the molecule is CCc1cccc(COc2ccccc2)c1. The van der Waals surface area contributed by atoms with Crippen LogP contribution < -0.4 is 4.74 Å². The molecule has 2 rings (SSSR count). The van der Waals surface area contributed by atoms with Crippen molar-refractivity contribution in [2.24, 2.45) is 0 Å². The molecule has 0 aromatic heterocycles. The second kappa shape index (κ2) is 5.36. The zero-order valence-corrected chi connectivity index (χ0v) is 9.52. The average molecular weight is 212 g/mol. The summed E-state index contributed by atoms with van der Waals surface area (Å²) in [4.78, 5) is 0. The van der Waals surface area contributed by atoms with Gasteiger partial charge in [0.2, 0.25) is 0 Å². The van der Waals surface area contributed by atoms with Gasteiger partial charge in [-0.05, 0) is 29.7 Å². The highest BCUT2D eigenvalue weighted by Gasteiger charge is 1.96. The van der Waals surface area contributed by atoms with Crippen LogP contribution in [0.15, 0.2) is 54.6 Å². The molecule has 0 unspecified atom stereocenters. The standard InChI is InChI=1S/C15H16O/c1-2-13-7-6-8-14(11-13)12-16-15-9-4-3-5-10-15/h3-11H,2,12H2,1H3. The fourth-order valence-corrected chi connectivity index (χ4v) is 1.62. The lowest BCUT2D eigenvalue weighted by molar-refractivity contribution is 0.306. The summed E-state index contributed by atoms with van der Waals surface area (Å²) < 4.78 is 5.69. The molecule has 0 atom stereocenters. The summed E-state index contributed by atoms with van der Waals surface area (Å²) in [5, 5.41) is 0. The van der Waals surface area contributed by atoms with Gasteiger partial charge >= 0.3 is 0 Å². The minimum absolute atomic E-state index is 0.637. The van der Waals surface area contributed by atoms with E-state index in [-0.39, 0.29) is 0 Å². The molecule has 0 aliphatic heterocycles. The second-order valence-corrected chi connectivity index (χ2v) is 3.78. The maximum Gasteiger partial charge on any atom is 0.119 e. The highest BCUT2D eigenvalue weighted by Crippen LogP contribution is 2.12. The van der Waals surface area contributed by atoms with Gasteiger partial charge in [-0.2, -0.15) is 0 Å². The summed E-state index contributed by atoms with van der Waals surface area (Å²) in [7, 11) is 0. The maximum atomic E-state index is 5.69. The van der Waals surface area contributed by atoms with E-state index < -0.39 is 0 Å². The Bertz CT molecular complexity index is 434. The van der Waals surface area contributed by atoms with Gasteiger partial charge in [-0.1, -0.05) is 49.4 Å². The Morgan fingerprint density at radius 2 is 1.62 bits per heavy atom. The quantitative estimate of drug-likeness (QED) is 0.748. The summed E-state index contributed by atoms with van der Waals surface area (Å²) in [6, 6.07) is 18.4. The van der Waals surface area contributed by atoms with Gasteiger partial charge in [0.1, 0.15) is 12.4 Å². The normalized spacial score (nSPS) is 10.1. The van der Waals surface area contributed by atoms with Crippen LogP contribution in [-0.4, -0.2) is 0 Å². The number of benzene rings is 2. The molecule has 1 nitrogen and oxygen atoms in total. The molecule has 2 aromatic rings. The summed E-state index contributed by atoms with van der Waals surface area (Å²) in [5.74, 6) is 0.921. The first kappa shape index (κ1) is 10.7. The lowest BCUT2D eigenvalue weighted by Crippen LogP contribution is -1.95. The lowest BCUT2D eigenvalue weighted by Gasteiger charge is -2.07. The van der Waals surface area contributed by atoms with E-state index in [2.05, 4.69) is 31.2 Å². The van der Waals surface area contributed by atoms with E-state index in [1.54, 1.807) is 0 Å². The van der Waals surface area contributed by atoms with Crippen molar-refractivity contribution in [3.8, 4) is 5.75 Å². The van der Waals surface area contributed by atoms with Gasteiger partial charge < -0.3 is 4.74 Å². The molecule has 0 saturated carbocycles. The van der Waals surface area contributed by atoms with E-state index in [0.717, 1.165) is 12.2 Å². The predicted octanol–water partition coefficient (Wildman–Crippen LogP) is 3.83. The number of para-hydroxylation sites is 1. The van der Waals surface area contributed by atoms with Gasteiger partial charge in [-0.25, -0.2) is 0 Å². The molecular formula is C15H16O. The summed E-state index contributed by atoms with van der Waals surface area (Å²) in [6.45, 7) is 2.80. The molecule has 0 radical (unpaired) electrons. The maximum absolute atomic E-state index is 5.69. The Kier molecular flexibility index (Phi) is 3.60. The van der Waals surface area contributed by atoms with Crippen molar-refractivity contribution in [1.29, 1.82) is 0 Å². The second-order valence-electron chi connectivity index (χ2n) is 3.78. The zero-order chi connectivity index (χ0) is 11.2. The van der Waals surface area contributed by atoms with Crippen LogP contribution in [0.3, 0.4) is 0 Å². The molecule has 82 valence electrons. The van der Waals surface area contributed by atoms with E-state index >= 15 is 0 Å². The summed E-state index contributed by atoms with van der Waals surface area (Å²) in [5.41, 5.74) is 2.58. The Hall–Kier alpha value is -1.76. The molecule has 0 aliphatic carbocycles. The Balaban J connectivity index is 1.99. The number of ether oxygens (including phenoxy) is 1. The first-order valence-corrected chi connectivity index (χ1v) is 5.64. The molecule has 16 heavy (non-hydrogen) atoms. The number of hydrogen-bond donors (Lipinski definition) is 0. The van der Waals surface area contributed by atoms with Gasteiger partial charge in [-0.3, -0.25) is 0 Å². The van der Waals surface area contributed by atoms with E-state index in [1.165, 1.54) is 11.1 Å². The largest absolute Gasteiger partial charge is 0.489 e. The van der Waals surface area contributed by atoms with E-state index in [1.807, 2.05) is 30.3 Å². The highest BCUT2D eigenvalue weighted by atomic mass is 16.5. The van der Waals surface area contributed by atoms with Gasteiger partial charge in [0.05, 0.1) is 0 Å². The Morgan fingerprint density at radius 3 is 2.38 bits per heavy atom. The molecule has 0 spiro atoms. The van der Waals surface area contributed by atoms with Crippen LogP contribution in [0.5, 0.6) is 5.75 Å². The van der Waals surface area contributed by atoms with Crippen LogP contribution in [0, 0.1) is 0 Å². The zero-order valence-electron chi connectivity index (χ0n) is 9.52. The predicted molar refractivity (Wildman–Crippen MR) is 66.6 cm³/mol. The fraction of sp³-hybridized carbons (Fsp3) is 0.200. The molecular weight excluding hydrogens is 196 g/mol. The van der Waals surface area contributed by atoms with Crippen molar-refractivity contribution in [3.05, 3.63) is 65.7 Å². The average Bonchev–Trinajstić information content (AvgIpc) is 2.38. The van der Waals surface area contributed by atoms with Crippen LogP contribution in [-0.2, 0) is 13.0 Å². The summed E-state index contributed by atoms with van der Waals surface area (Å²) >= 11 is 0. The molecule has 0 N–H and O–H groups in total. The van der Waals surface area contributed by atoms with Crippen LogP contribution in [0.25, 0.3) is 0 Å². The van der Waals surface area contributed by atoms with Crippen molar-refractivity contribution in [1.82, 2.24) is 0 Å². The lowest BCUT2D eigenvalue weighted by atomic mass is 10.1. The molecule has 0 amide bonds. The van der Waals surface area contributed by atoms with Crippen LogP contribution in [0.4, 0.5) is 0 Å². The van der Waals surface area contributed by atoms with Crippen molar-refractivity contribution in [2.45, 2.75) is 20.0 Å². The van der Waals surface area contributed by atoms with E-state index in [4.69, 9.17) is 4.74 Å². The smallest absolute Gasteiger partial charge is 0.119 e. The Labute approximate surface area is 96.7 Å². The fourth-order valence-electron chi connectivity index (χ4n) is 1.62. The van der Waals surface area contributed by atoms with Gasteiger partial charge in [0.15, 0.2) is 0 Å². The van der Waals surface area contributed by atoms with Gasteiger partial charge in [0, 0.05) is 0 Å². The number of rotatable bonds is 4. The van der Waals surface area contributed by atoms with Crippen molar-refractivity contribution >= 4 is 0 Å². The third kappa shape index (κ3) is 2.86. The Morgan fingerprint density at radius 1 is 0.875 bits per heavy atom.